The fourth-order valence-electron chi connectivity index (χ4n) is 2.27. The number of halogens is 1. The molecule has 0 saturated heterocycles. The predicted molar refractivity (Wildman–Crippen MR) is 86.1 cm³/mol. The second kappa shape index (κ2) is 6.87. The molecule has 1 aromatic rings. The molecule has 0 radical (unpaired) electrons. The smallest absolute Gasteiger partial charge is 0.169 e. The van der Waals surface area contributed by atoms with Gasteiger partial charge in [0.25, 0.3) is 0 Å². The van der Waals surface area contributed by atoms with Crippen LogP contribution in [0.3, 0.4) is 0 Å². The maximum Gasteiger partial charge on any atom is 0.169 e. The molecule has 1 heterocycles. The van der Waals surface area contributed by atoms with Crippen molar-refractivity contribution in [2.75, 3.05) is 7.05 Å². The number of nitrogens with zero attached hydrogens (tertiary/aromatic N) is 1. The summed E-state index contributed by atoms with van der Waals surface area (Å²) in [6.07, 6.45) is 6.57. The van der Waals surface area contributed by atoms with Gasteiger partial charge >= 0.3 is 0 Å². The lowest BCUT2D eigenvalue weighted by Gasteiger charge is -2.28. The summed E-state index contributed by atoms with van der Waals surface area (Å²) in [6, 6.07) is 2.74. The maximum absolute atomic E-state index is 5.47. The van der Waals surface area contributed by atoms with E-state index in [0.717, 1.165) is 16.1 Å². The normalized spacial score (nSPS) is 16.6. The summed E-state index contributed by atoms with van der Waals surface area (Å²) in [5.74, 6) is 0. The van der Waals surface area contributed by atoms with E-state index in [-0.39, 0.29) is 0 Å². The van der Waals surface area contributed by atoms with E-state index in [1.54, 1.807) is 11.3 Å². The molecule has 0 aromatic carbocycles. The predicted octanol–water partition coefficient (Wildman–Crippen LogP) is 4.15. The molecule has 100 valence electrons. The van der Waals surface area contributed by atoms with Crippen molar-refractivity contribution in [3.8, 4) is 0 Å². The van der Waals surface area contributed by atoms with E-state index in [0.29, 0.717) is 6.04 Å². The van der Waals surface area contributed by atoms with Gasteiger partial charge in [0.1, 0.15) is 0 Å². The number of thiophene rings is 1. The highest BCUT2D eigenvalue weighted by molar-refractivity contribution is 9.10. The van der Waals surface area contributed by atoms with Crippen molar-refractivity contribution in [3.05, 3.63) is 20.8 Å². The lowest BCUT2D eigenvalue weighted by atomic mass is 9.96. The van der Waals surface area contributed by atoms with Gasteiger partial charge in [-0.2, -0.15) is 0 Å². The van der Waals surface area contributed by atoms with Crippen molar-refractivity contribution in [1.29, 1.82) is 0 Å². The average Bonchev–Trinajstić information content (AvgIpc) is 2.76. The van der Waals surface area contributed by atoms with Crippen molar-refractivity contribution >= 4 is 44.6 Å². The van der Waals surface area contributed by atoms with E-state index in [1.165, 1.54) is 37.0 Å². The minimum atomic E-state index is 0.587. The molecular formula is C13H19BrN2S2. The topological polar surface area (TPSA) is 15.3 Å². The van der Waals surface area contributed by atoms with Crippen LogP contribution < -0.4 is 5.32 Å². The van der Waals surface area contributed by atoms with Crippen LogP contribution in [0.4, 0.5) is 0 Å². The lowest BCUT2D eigenvalue weighted by Crippen LogP contribution is -2.43. The van der Waals surface area contributed by atoms with Crippen LogP contribution in [0.2, 0.25) is 0 Å². The highest BCUT2D eigenvalue weighted by Gasteiger charge is 2.15. The van der Waals surface area contributed by atoms with E-state index in [1.807, 2.05) is 0 Å². The van der Waals surface area contributed by atoms with Gasteiger partial charge < -0.3 is 10.2 Å². The third-order valence-corrected chi connectivity index (χ3v) is 5.41. The third-order valence-electron chi connectivity index (χ3n) is 3.29. The first-order chi connectivity index (χ1) is 8.65. The van der Waals surface area contributed by atoms with E-state index in [4.69, 9.17) is 12.2 Å². The van der Waals surface area contributed by atoms with Gasteiger partial charge in [-0.3, -0.25) is 0 Å². The molecule has 1 N–H and O–H groups in total. The SMILES string of the molecule is CN(Cc1cc(Br)cs1)C(=S)NC1CCCCC1. The first-order valence-electron chi connectivity index (χ1n) is 6.39. The fraction of sp³-hybridized carbons (Fsp3) is 0.615. The highest BCUT2D eigenvalue weighted by atomic mass is 79.9. The summed E-state index contributed by atoms with van der Waals surface area (Å²) < 4.78 is 1.15. The lowest BCUT2D eigenvalue weighted by molar-refractivity contribution is 0.393. The molecule has 0 unspecified atom stereocenters. The van der Waals surface area contributed by atoms with Crippen LogP contribution in [0.15, 0.2) is 15.9 Å². The Kier molecular flexibility index (Phi) is 5.45. The zero-order valence-corrected chi connectivity index (χ0v) is 13.8. The summed E-state index contributed by atoms with van der Waals surface area (Å²) in [4.78, 5) is 3.46. The number of hydrogen-bond donors (Lipinski definition) is 1. The van der Waals surface area contributed by atoms with Gasteiger partial charge in [-0.25, -0.2) is 0 Å². The van der Waals surface area contributed by atoms with Crippen molar-refractivity contribution in [2.45, 2.75) is 44.7 Å². The maximum atomic E-state index is 5.47. The Hall–Kier alpha value is -0.130. The van der Waals surface area contributed by atoms with E-state index < -0.39 is 0 Å². The first kappa shape index (κ1) is 14.3. The molecule has 1 aliphatic carbocycles. The van der Waals surface area contributed by atoms with Crippen LogP contribution in [0.5, 0.6) is 0 Å². The van der Waals surface area contributed by atoms with Gasteiger partial charge in [0.15, 0.2) is 5.11 Å². The second-order valence-corrected chi connectivity index (χ2v) is 7.17. The summed E-state index contributed by atoms with van der Waals surface area (Å²) in [5.41, 5.74) is 0. The minimum absolute atomic E-state index is 0.587. The van der Waals surface area contributed by atoms with Gasteiger partial charge in [0, 0.05) is 27.8 Å². The Bertz CT molecular complexity index is 399. The van der Waals surface area contributed by atoms with Crippen LogP contribution in [-0.4, -0.2) is 23.1 Å². The molecule has 5 heteroatoms. The Balaban J connectivity index is 1.80. The van der Waals surface area contributed by atoms with Crippen molar-refractivity contribution in [3.63, 3.8) is 0 Å². The standard InChI is InChI=1S/C13H19BrN2S2/c1-16(8-12-7-10(14)9-18-12)13(17)15-11-5-3-2-4-6-11/h7,9,11H,2-6,8H2,1H3,(H,15,17). The van der Waals surface area contributed by atoms with Gasteiger partial charge in [-0.1, -0.05) is 19.3 Å². The van der Waals surface area contributed by atoms with Crippen LogP contribution in [0.25, 0.3) is 0 Å². The van der Waals surface area contributed by atoms with Gasteiger partial charge in [-0.15, -0.1) is 11.3 Å². The molecule has 1 fully saturated rings. The van der Waals surface area contributed by atoms with Gasteiger partial charge in [0.05, 0.1) is 6.54 Å². The molecule has 2 rings (SSSR count). The molecule has 0 spiro atoms. The van der Waals surface area contributed by atoms with Crippen LogP contribution in [-0.2, 0) is 6.54 Å². The molecule has 0 atom stereocenters. The summed E-state index contributed by atoms with van der Waals surface area (Å²) in [7, 11) is 2.06. The number of hydrogen-bond acceptors (Lipinski definition) is 2. The minimum Gasteiger partial charge on any atom is -0.360 e. The van der Waals surface area contributed by atoms with E-state index >= 15 is 0 Å². The second-order valence-electron chi connectivity index (χ2n) is 4.87. The van der Waals surface area contributed by atoms with Crippen LogP contribution in [0.1, 0.15) is 37.0 Å². The molecular weight excluding hydrogens is 328 g/mol. The van der Waals surface area contributed by atoms with Crippen LogP contribution >= 0.6 is 39.5 Å². The zero-order chi connectivity index (χ0) is 13.0. The van der Waals surface area contributed by atoms with Gasteiger partial charge in [-0.05, 0) is 47.1 Å². The molecule has 1 aliphatic rings. The molecule has 0 bridgehead atoms. The van der Waals surface area contributed by atoms with Crippen molar-refractivity contribution in [1.82, 2.24) is 10.2 Å². The van der Waals surface area contributed by atoms with Crippen molar-refractivity contribution < 1.29 is 0 Å². The summed E-state index contributed by atoms with van der Waals surface area (Å²) >= 11 is 10.7. The number of nitrogens with one attached hydrogen (secondary N) is 1. The fourth-order valence-corrected chi connectivity index (χ4v) is 4.01. The number of thiocarbonyl (C=S) groups is 1. The summed E-state index contributed by atoms with van der Waals surface area (Å²) in [6.45, 7) is 0.884. The number of rotatable bonds is 3. The van der Waals surface area contributed by atoms with E-state index in [9.17, 15) is 0 Å². The Morgan fingerprint density at radius 3 is 2.83 bits per heavy atom. The molecule has 2 nitrogen and oxygen atoms in total. The third kappa shape index (κ3) is 4.21. The monoisotopic (exact) mass is 346 g/mol. The van der Waals surface area contributed by atoms with E-state index in [2.05, 4.69) is 44.6 Å². The largest absolute Gasteiger partial charge is 0.360 e. The first-order valence-corrected chi connectivity index (χ1v) is 8.48. The average molecular weight is 347 g/mol. The van der Waals surface area contributed by atoms with Crippen LogP contribution in [0, 0.1) is 0 Å². The zero-order valence-electron chi connectivity index (χ0n) is 10.6. The quantitative estimate of drug-likeness (QED) is 0.827. The Morgan fingerprint density at radius 1 is 1.50 bits per heavy atom. The molecule has 1 saturated carbocycles. The Labute approximate surface area is 127 Å². The van der Waals surface area contributed by atoms with Gasteiger partial charge in [0.2, 0.25) is 0 Å². The van der Waals surface area contributed by atoms with Crippen molar-refractivity contribution in [2.24, 2.45) is 0 Å². The molecule has 0 amide bonds. The molecule has 1 aromatic heterocycles. The molecule has 18 heavy (non-hydrogen) atoms. The highest BCUT2D eigenvalue weighted by Crippen LogP contribution is 2.21. The summed E-state index contributed by atoms with van der Waals surface area (Å²) in [5, 5.41) is 6.49. The Morgan fingerprint density at radius 2 is 2.22 bits per heavy atom. The molecule has 0 aliphatic heterocycles.